The monoisotopic (exact) mass is 292 g/mol. The van der Waals surface area contributed by atoms with Crippen LogP contribution in [-0.2, 0) is 6.42 Å². The van der Waals surface area contributed by atoms with Crippen molar-refractivity contribution in [2.24, 2.45) is 0 Å². The van der Waals surface area contributed by atoms with E-state index < -0.39 is 0 Å². The number of halogens is 2. The van der Waals surface area contributed by atoms with Gasteiger partial charge in [-0.15, -0.1) is 0 Å². The highest BCUT2D eigenvalue weighted by molar-refractivity contribution is 6.35. The molecule has 2 nitrogen and oxygen atoms in total. The van der Waals surface area contributed by atoms with Crippen LogP contribution in [0.1, 0.15) is 24.1 Å². The van der Waals surface area contributed by atoms with E-state index in [9.17, 15) is 0 Å². The van der Waals surface area contributed by atoms with Gasteiger partial charge in [-0.25, -0.2) is 0 Å². The molecule has 1 unspecified atom stereocenters. The minimum absolute atomic E-state index is 0.145. The Morgan fingerprint density at radius 1 is 1.32 bits per heavy atom. The van der Waals surface area contributed by atoms with Gasteiger partial charge in [0.05, 0.1) is 5.69 Å². The van der Waals surface area contributed by atoms with Crippen molar-refractivity contribution >= 4 is 23.2 Å². The van der Waals surface area contributed by atoms with Crippen molar-refractivity contribution in [3.05, 3.63) is 70.2 Å². The Hall–Kier alpha value is -1.38. The van der Waals surface area contributed by atoms with Crippen LogP contribution in [-0.4, -0.2) is 9.97 Å². The molecule has 98 valence electrons. The van der Waals surface area contributed by atoms with Crippen LogP contribution in [0.25, 0.3) is 0 Å². The fourth-order valence-electron chi connectivity index (χ4n) is 1.88. The number of benzene rings is 1. The lowest BCUT2D eigenvalue weighted by Gasteiger charge is -2.16. The first-order valence-corrected chi connectivity index (χ1v) is 6.71. The topological polar surface area (TPSA) is 25.8 Å². The Bertz CT molecular complexity index is 582. The molecule has 0 spiro atoms. The van der Waals surface area contributed by atoms with E-state index in [1.165, 1.54) is 0 Å². The van der Waals surface area contributed by atoms with Crippen molar-refractivity contribution in [3.8, 4) is 0 Å². The Labute approximate surface area is 123 Å². The summed E-state index contributed by atoms with van der Waals surface area (Å²) in [6, 6.07) is 5.54. The van der Waals surface area contributed by atoms with Gasteiger partial charge in [-0.05, 0) is 17.7 Å². The van der Waals surface area contributed by atoms with Crippen molar-refractivity contribution in [3.63, 3.8) is 0 Å². The van der Waals surface area contributed by atoms with Gasteiger partial charge in [0.25, 0.3) is 0 Å². The van der Waals surface area contributed by atoms with Gasteiger partial charge in [0, 0.05) is 41.0 Å². The molecule has 1 aromatic carbocycles. The zero-order valence-electron chi connectivity index (χ0n) is 10.6. The molecule has 0 radical (unpaired) electrons. The van der Waals surface area contributed by atoms with E-state index in [0.717, 1.165) is 16.8 Å². The molecule has 1 heterocycles. The minimum atomic E-state index is 0.145. The van der Waals surface area contributed by atoms with E-state index in [-0.39, 0.29) is 5.92 Å². The summed E-state index contributed by atoms with van der Waals surface area (Å²) in [6.07, 6.45) is 5.78. The van der Waals surface area contributed by atoms with Crippen molar-refractivity contribution in [1.29, 1.82) is 0 Å². The van der Waals surface area contributed by atoms with E-state index in [0.29, 0.717) is 16.5 Å². The maximum Gasteiger partial charge on any atom is 0.0627 e. The van der Waals surface area contributed by atoms with Gasteiger partial charge in [-0.3, -0.25) is 9.97 Å². The number of hydrogen-bond donors (Lipinski definition) is 0. The molecule has 1 aromatic heterocycles. The van der Waals surface area contributed by atoms with Crippen molar-refractivity contribution < 1.29 is 0 Å². The average molecular weight is 293 g/mol. The summed E-state index contributed by atoms with van der Waals surface area (Å²) in [5, 5.41) is 1.31. The highest BCUT2D eigenvalue weighted by Gasteiger charge is 2.14. The second-order valence-corrected chi connectivity index (χ2v) is 5.26. The third-order valence-electron chi connectivity index (χ3n) is 3.07. The molecule has 0 fully saturated rings. The molecule has 0 saturated carbocycles. The Morgan fingerprint density at radius 2 is 2.11 bits per heavy atom. The first-order valence-electron chi connectivity index (χ1n) is 5.95. The van der Waals surface area contributed by atoms with E-state index in [4.69, 9.17) is 23.2 Å². The lowest BCUT2D eigenvalue weighted by Crippen LogP contribution is -2.02. The minimum Gasteiger partial charge on any atom is -0.261 e. The van der Waals surface area contributed by atoms with E-state index in [1.54, 1.807) is 24.7 Å². The summed E-state index contributed by atoms with van der Waals surface area (Å²) in [7, 11) is 0. The highest BCUT2D eigenvalue weighted by Crippen LogP contribution is 2.32. The first kappa shape index (κ1) is 14.0. The molecule has 0 aliphatic carbocycles. The van der Waals surface area contributed by atoms with Gasteiger partial charge >= 0.3 is 0 Å². The normalized spacial score (nSPS) is 12.2. The van der Waals surface area contributed by atoms with Crippen LogP contribution in [0.4, 0.5) is 0 Å². The second-order valence-electron chi connectivity index (χ2n) is 4.42. The molecule has 2 rings (SSSR count). The number of aromatic nitrogens is 2. The molecule has 2 aromatic rings. The maximum absolute atomic E-state index is 6.22. The molecular weight excluding hydrogens is 279 g/mol. The van der Waals surface area contributed by atoms with Crippen LogP contribution in [0, 0.1) is 0 Å². The van der Waals surface area contributed by atoms with Crippen molar-refractivity contribution in [1.82, 2.24) is 9.97 Å². The lowest BCUT2D eigenvalue weighted by molar-refractivity contribution is 0.840. The van der Waals surface area contributed by atoms with E-state index in [2.05, 4.69) is 23.5 Å². The number of rotatable bonds is 4. The highest BCUT2D eigenvalue weighted by atomic mass is 35.5. The Balaban J connectivity index is 2.15. The fourth-order valence-corrected chi connectivity index (χ4v) is 2.45. The van der Waals surface area contributed by atoms with Gasteiger partial charge in [0.1, 0.15) is 0 Å². The third kappa shape index (κ3) is 3.55. The van der Waals surface area contributed by atoms with Gasteiger partial charge in [0.15, 0.2) is 0 Å². The zero-order valence-corrected chi connectivity index (χ0v) is 12.1. The zero-order chi connectivity index (χ0) is 13.8. The standard InChI is InChI=1S/C15H14Cl2N2/c1-10(7-13-9-18-5-6-19-13)11(2)14-4-3-12(16)8-15(14)17/h3-6,8-9,11H,1,7H2,2H3. The van der Waals surface area contributed by atoms with Gasteiger partial charge in [0.2, 0.25) is 0 Å². The summed E-state index contributed by atoms with van der Waals surface area (Å²) in [5.74, 6) is 0.145. The van der Waals surface area contributed by atoms with Gasteiger partial charge in [-0.1, -0.05) is 48.3 Å². The van der Waals surface area contributed by atoms with Crippen LogP contribution in [0.3, 0.4) is 0 Å². The average Bonchev–Trinajstić information content (AvgIpc) is 2.39. The smallest absolute Gasteiger partial charge is 0.0627 e. The largest absolute Gasteiger partial charge is 0.261 e. The van der Waals surface area contributed by atoms with Crippen LogP contribution in [0.15, 0.2) is 48.9 Å². The summed E-state index contributed by atoms with van der Waals surface area (Å²) in [5.41, 5.74) is 2.98. The van der Waals surface area contributed by atoms with Crippen molar-refractivity contribution in [2.45, 2.75) is 19.3 Å². The van der Waals surface area contributed by atoms with Crippen LogP contribution in [0.2, 0.25) is 10.0 Å². The van der Waals surface area contributed by atoms with Crippen LogP contribution >= 0.6 is 23.2 Å². The number of nitrogens with zero attached hydrogens (tertiary/aromatic N) is 2. The van der Waals surface area contributed by atoms with E-state index >= 15 is 0 Å². The molecule has 0 aliphatic heterocycles. The van der Waals surface area contributed by atoms with Crippen LogP contribution in [0.5, 0.6) is 0 Å². The summed E-state index contributed by atoms with van der Waals surface area (Å²) in [6.45, 7) is 6.21. The van der Waals surface area contributed by atoms with Gasteiger partial charge in [-0.2, -0.15) is 0 Å². The molecule has 4 heteroatoms. The molecule has 0 saturated heterocycles. The van der Waals surface area contributed by atoms with Crippen LogP contribution < -0.4 is 0 Å². The Morgan fingerprint density at radius 3 is 2.74 bits per heavy atom. The molecule has 0 bridgehead atoms. The molecular formula is C15H14Cl2N2. The lowest BCUT2D eigenvalue weighted by atomic mass is 9.91. The number of hydrogen-bond acceptors (Lipinski definition) is 2. The molecule has 19 heavy (non-hydrogen) atoms. The summed E-state index contributed by atoms with van der Waals surface area (Å²) in [4.78, 5) is 8.31. The predicted octanol–water partition coefficient (Wildman–Crippen LogP) is 4.69. The fraction of sp³-hybridized carbons (Fsp3) is 0.200. The number of allylic oxidation sites excluding steroid dienone is 1. The third-order valence-corrected chi connectivity index (χ3v) is 3.63. The summed E-state index contributed by atoms with van der Waals surface area (Å²) < 4.78 is 0. The molecule has 0 aliphatic rings. The quantitative estimate of drug-likeness (QED) is 0.764. The second kappa shape index (κ2) is 6.18. The van der Waals surface area contributed by atoms with Gasteiger partial charge < -0.3 is 0 Å². The van der Waals surface area contributed by atoms with Crippen molar-refractivity contribution in [2.75, 3.05) is 0 Å². The molecule has 1 atom stereocenters. The Kier molecular flexibility index (Phi) is 4.56. The summed E-state index contributed by atoms with van der Waals surface area (Å²) >= 11 is 12.1. The molecule has 0 amide bonds. The maximum atomic E-state index is 6.22. The molecule has 0 N–H and O–H groups in total. The first-order chi connectivity index (χ1) is 9.08. The SMILES string of the molecule is C=C(Cc1cnccn1)C(C)c1ccc(Cl)cc1Cl. The van der Waals surface area contributed by atoms with E-state index in [1.807, 2.05) is 12.1 Å². The predicted molar refractivity (Wildman–Crippen MR) is 79.8 cm³/mol.